The van der Waals surface area contributed by atoms with E-state index in [1.165, 1.54) is 30.9 Å². The standard InChI is InChI=1S/C13H17NO4/c1-13(2,12(17)18)8-11(16)14(3)9-5-4-6-10(15)7-9/h4-7,15H,8H2,1-3H3,(H,17,18). The Bertz CT molecular complexity index is 468. The molecule has 0 bridgehead atoms. The summed E-state index contributed by atoms with van der Waals surface area (Å²) >= 11 is 0. The van der Waals surface area contributed by atoms with E-state index in [1.807, 2.05) is 0 Å². The van der Waals surface area contributed by atoms with Crippen molar-refractivity contribution < 1.29 is 19.8 Å². The van der Waals surface area contributed by atoms with E-state index in [-0.39, 0.29) is 18.1 Å². The number of carbonyl (C=O) groups excluding carboxylic acids is 1. The van der Waals surface area contributed by atoms with Crippen LogP contribution >= 0.6 is 0 Å². The molecule has 18 heavy (non-hydrogen) atoms. The quantitative estimate of drug-likeness (QED) is 0.856. The molecular formula is C13H17NO4. The third-order valence-electron chi connectivity index (χ3n) is 2.76. The monoisotopic (exact) mass is 251 g/mol. The minimum absolute atomic E-state index is 0.0599. The van der Waals surface area contributed by atoms with Crippen LogP contribution in [0.3, 0.4) is 0 Å². The second-order valence-electron chi connectivity index (χ2n) is 4.84. The van der Waals surface area contributed by atoms with Gasteiger partial charge >= 0.3 is 5.97 Å². The molecule has 1 amide bonds. The van der Waals surface area contributed by atoms with Gasteiger partial charge in [0.25, 0.3) is 0 Å². The molecule has 0 saturated carbocycles. The van der Waals surface area contributed by atoms with Crippen LogP contribution in [-0.2, 0) is 9.59 Å². The fraction of sp³-hybridized carbons (Fsp3) is 0.385. The number of amides is 1. The van der Waals surface area contributed by atoms with Gasteiger partial charge in [0.2, 0.25) is 5.91 Å². The van der Waals surface area contributed by atoms with Crippen LogP contribution in [0.5, 0.6) is 5.75 Å². The first-order valence-electron chi connectivity index (χ1n) is 5.53. The zero-order chi connectivity index (χ0) is 13.9. The normalized spacial score (nSPS) is 11.1. The fourth-order valence-electron chi connectivity index (χ4n) is 1.42. The number of carboxylic acid groups (broad SMARTS) is 1. The predicted octanol–water partition coefficient (Wildman–Crippen LogP) is 1.86. The van der Waals surface area contributed by atoms with Crippen LogP contribution in [0.2, 0.25) is 0 Å². The van der Waals surface area contributed by atoms with Crippen molar-refractivity contribution in [3.8, 4) is 5.75 Å². The van der Waals surface area contributed by atoms with E-state index in [0.29, 0.717) is 5.69 Å². The number of hydrogen-bond donors (Lipinski definition) is 2. The van der Waals surface area contributed by atoms with Crippen molar-refractivity contribution in [3.63, 3.8) is 0 Å². The molecule has 2 N–H and O–H groups in total. The average molecular weight is 251 g/mol. The molecule has 5 heteroatoms. The number of carboxylic acids is 1. The zero-order valence-electron chi connectivity index (χ0n) is 10.7. The molecule has 0 atom stereocenters. The highest BCUT2D eigenvalue weighted by molar-refractivity contribution is 5.95. The number of nitrogens with zero attached hydrogens (tertiary/aromatic N) is 1. The van der Waals surface area contributed by atoms with E-state index in [0.717, 1.165) is 0 Å². The molecule has 98 valence electrons. The maximum Gasteiger partial charge on any atom is 0.309 e. The second kappa shape index (κ2) is 5.08. The highest BCUT2D eigenvalue weighted by atomic mass is 16.4. The summed E-state index contributed by atoms with van der Waals surface area (Å²) < 4.78 is 0. The highest BCUT2D eigenvalue weighted by Gasteiger charge is 2.31. The molecule has 1 aromatic rings. The van der Waals surface area contributed by atoms with Crippen LogP contribution in [0, 0.1) is 5.41 Å². The Kier molecular flexibility index (Phi) is 3.96. The van der Waals surface area contributed by atoms with E-state index in [2.05, 4.69) is 0 Å². The molecule has 0 aliphatic heterocycles. The van der Waals surface area contributed by atoms with Gasteiger partial charge < -0.3 is 15.1 Å². The number of phenols is 1. The van der Waals surface area contributed by atoms with E-state index in [9.17, 15) is 14.7 Å². The van der Waals surface area contributed by atoms with Crippen molar-refractivity contribution in [3.05, 3.63) is 24.3 Å². The van der Waals surface area contributed by atoms with E-state index in [1.54, 1.807) is 19.2 Å². The third-order valence-corrected chi connectivity index (χ3v) is 2.76. The summed E-state index contributed by atoms with van der Waals surface area (Å²) in [4.78, 5) is 24.3. The third kappa shape index (κ3) is 3.23. The Morgan fingerprint density at radius 2 is 1.94 bits per heavy atom. The predicted molar refractivity (Wildman–Crippen MR) is 67.6 cm³/mol. The first-order valence-corrected chi connectivity index (χ1v) is 5.53. The number of phenolic OH excluding ortho intramolecular Hbond substituents is 1. The molecule has 0 unspecified atom stereocenters. The van der Waals surface area contributed by atoms with Crippen LogP contribution in [-0.4, -0.2) is 29.1 Å². The summed E-state index contributed by atoms with van der Waals surface area (Å²) in [5.41, 5.74) is -0.580. The van der Waals surface area contributed by atoms with Crippen LogP contribution in [0.1, 0.15) is 20.3 Å². The van der Waals surface area contributed by atoms with Crippen LogP contribution < -0.4 is 4.90 Å². The molecule has 5 nitrogen and oxygen atoms in total. The Hall–Kier alpha value is -2.04. The van der Waals surface area contributed by atoms with Crippen molar-refractivity contribution in [1.82, 2.24) is 0 Å². The lowest BCUT2D eigenvalue weighted by molar-refractivity contribution is -0.149. The molecule has 0 saturated heterocycles. The van der Waals surface area contributed by atoms with E-state index >= 15 is 0 Å². The summed E-state index contributed by atoms with van der Waals surface area (Å²) in [5, 5.41) is 18.3. The van der Waals surface area contributed by atoms with Gasteiger partial charge in [-0.15, -0.1) is 0 Å². The summed E-state index contributed by atoms with van der Waals surface area (Å²) in [6, 6.07) is 6.25. The maximum absolute atomic E-state index is 12.0. The molecule has 0 radical (unpaired) electrons. The summed E-state index contributed by atoms with van der Waals surface area (Å²) in [7, 11) is 1.55. The van der Waals surface area contributed by atoms with Gasteiger partial charge in [0, 0.05) is 25.2 Å². The van der Waals surface area contributed by atoms with Gasteiger partial charge in [-0.3, -0.25) is 9.59 Å². The summed E-state index contributed by atoms with van der Waals surface area (Å²) in [5.74, 6) is -1.27. The molecule has 0 fully saturated rings. The van der Waals surface area contributed by atoms with Crippen LogP contribution in [0.15, 0.2) is 24.3 Å². The molecular weight excluding hydrogens is 234 g/mol. The molecule has 0 spiro atoms. The topological polar surface area (TPSA) is 77.8 Å². The first-order chi connectivity index (χ1) is 8.24. The van der Waals surface area contributed by atoms with Crippen molar-refractivity contribution in [2.24, 2.45) is 5.41 Å². The molecule has 1 rings (SSSR count). The highest BCUT2D eigenvalue weighted by Crippen LogP contribution is 2.25. The number of hydrogen-bond acceptors (Lipinski definition) is 3. The number of benzene rings is 1. The number of carbonyl (C=O) groups is 2. The molecule has 0 aromatic heterocycles. The number of aromatic hydroxyl groups is 1. The Labute approximate surface area is 106 Å². The van der Waals surface area contributed by atoms with Crippen LogP contribution in [0.4, 0.5) is 5.69 Å². The van der Waals surface area contributed by atoms with Gasteiger partial charge in [-0.25, -0.2) is 0 Å². The Morgan fingerprint density at radius 1 is 1.33 bits per heavy atom. The summed E-state index contributed by atoms with van der Waals surface area (Å²) in [6.07, 6.45) is -0.103. The van der Waals surface area contributed by atoms with Crippen molar-refractivity contribution in [2.75, 3.05) is 11.9 Å². The lowest BCUT2D eigenvalue weighted by atomic mass is 9.89. The van der Waals surface area contributed by atoms with Gasteiger partial charge in [0.05, 0.1) is 5.41 Å². The minimum Gasteiger partial charge on any atom is -0.508 e. The summed E-state index contributed by atoms with van der Waals surface area (Å²) in [6.45, 7) is 3.01. The van der Waals surface area contributed by atoms with E-state index in [4.69, 9.17) is 5.11 Å². The average Bonchev–Trinajstić information content (AvgIpc) is 2.27. The SMILES string of the molecule is CN(C(=O)CC(C)(C)C(=O)O)c1cccc(O)c1. The van der Waals surface area contributed by atoms with Gasteiger partial charge in [-0.1, -0.05) is 6.07 Å². The smallest absolute Gasteiger partial charge is 0.309 e. The maximum atomic E-state index is 12.0. The number of anilines is 1. The van der Waals surface area contributed by atoms with Crippen molar-refractivity contribution in [1.29, 1.82) is 0 Å². The zero-order valence-corrected chi connectivity index (χ0v) is 10.7. The van der Waals surface area contributed by atoms with Gasteiger partial charge in [-0.2, -0.15) is 0 Å². The molecule has 0 heterocycles. The minimum atomic E-state index is -1.11. The van der Waals surface area contributed by atoms with E-state index < -0.39 is 11.4 Å². The number of rotatable bonds is 4. The molecule has 1 aromatic carbocycles. The molecule has 0 aliphatic rings. The van der Waals surface area contributed by atoms with Gasteiger partial charge in [-0.05, 0) is 26.0 Å². The second-order valence-corrected chi connectivity index (χ2v) is 4.84. The van der Waals surface area contributed by atoms with Gasteiger partial charge in [0.15, 0.2) is 0 Å². The van der Waals surface area contributed by atoms with Gasteiger partial charge in [0.1, 0.15) is 5.75 Å². The Balaban J connectivity index is 2.82. The van der Waals surface area contributed by atoms with Crippen molar-refractivity contribution >= 4 is 17.6 Å². The fourth-order valence-corrected chi connectivity index (χ4v) is 1.42. The number of aliphatic carboxylic acids is 1. The lowest BCUT2D eigenvalue weighted by Gasteiger charge is -2.23. The Morgan fingerprint density at radius 3 is 2.44 bits per heavy atom. The largest absolute Gasteiger partial charge is 0.508 e. The first kappa shape index (κ1) is 14.0. The van der Waals surface area contributed by atoms with Crippen molar-refractivity contribution in [2.45, 2.75) is 20.3 Å². The van der Waals surface area contributed by atoms with Crippen LogP contribution in [0.25, 0.3) is 0 Å². The lowest BCUT2D eigenvalue weighted by Crippen LogP contribution is -2.34. The molecule has 0 aliphatic carbocycles.